The van der Waals surface area contributed by atoms with Gasteiger partial charge < -0.3 is 9.84 Å². The first-order valence-electron chi connectivity index (χ1n) is 2.95. The molecule has 0 aromatic carbocycles. The minimum atomic E-state index is -0.616. The van der Waals surface area contributed by atoms with Crippen LogP contribution in [0.4, 0.5) is 4.39 Å². The van der Waals surface area contributed by atoms with Crippen molar-refractivity contribution in [1.29, 1.82) is 0 Å². The number of rotatable bonds is 4. The summed E-state index contributed by atoms with van der Waals surface area (Å²) in [5, 5.41) is 8.82. The molecule has 0 fully saturated rings. The standard InChI is InChI=1S/C6H13FO2/c1-5(8)6(3-7)4-9-2/h5-6,8H,3-4H2,1-2H3/t5-,6?/m0/s1. The van der Waals surface area contributed by atoms with E-state index in [1.54, 1.807) is 6.92 Å². The quantitative estimate of drug-likeness (QED) is 0.613. The van der Waals surface area contributed by atoms with Crippen molar-refractivity contribution in [3.63, 3.8) is 0 Å². The van der Waals surface area contributed by atoms with Gasteiger partial charge >= 0.3 is 0 Å². The minimum Gasteiger partial charge on any atom is -0.393 e. The number of methoxy groups -OCH3 is 1. The second-order valence-corrected chi connectivity index (χ2v) is 2.11. The van der Waals surface area contributed by atoms with E-state index in [1.807, 2.05) is 0 Å². The minimum absolute atomic E-state index is 0.286. The van der Waals surface area contributed by atoms with E-state index in [1.165, 1.54) is 7.11 Å². The molecule has 0 saturated carbocycles. The Hall–Kier alpha value is -0.150. The number of hydrogen-bond donors (Lipinski definition) is 1. The van der Waals surface area contributed by atoms with Gasteiger partial charge in [-0.05, 0) is 6.92 Å². The van der Waals surface area contributed by atoms with Crippen LogP contribution in [0.25, 0.3) is 0 Å². The van der Waals surface area contributed by atoms with Crippen LogP contribution >= 0.6 is 0 Å². The molecule has 1 unspecified atom stereocenters. The van der Waals surface area contributed by atoms with Crippen LogP contribution in [0.15, 0.2) is 0 Å². The Morgan fingerprint density at radius 1 is 1.67 bits per heavy atom. The normalized spacial score (nSPS) is 17.3. The predicted molar refractivity (Wildman–Crippen MR) is 33.0 cm³/mol. The van der Waals surface area contributed by atoms with E-state index in [0.29, 0.717) is 0 Å². The van der Waals surface area contributed by atoms with Crippen molar-refractivity contribution in [2.75, 3.05) is 20.4 Å². The van der Waals surface area contributed by atoms with E-state index >= 15 is 0 Å². The first-order valence-corrected chi connectivity index (χ1v) is 2.95. The maximum atomic E-state index is 11.9. The molecular formula is C6H13FO2. The van der Waals surface area contributed by atoms with E-state index in [4.69, 9.17) is 5.11 Å². The topological polar surface area (TPSA) is 29.5 Å². The maximum Gasteiger partial charge on any atom is 0.0969 e. The zero-order valence-corrected chi connectivity index (χ0v) is 5.80. The van der Waals surface area contributed by atoms with Crippen molar-refractivity contribution in [3.8, 4) is 0 Å². The summed E-state index contributed by atoms with van der Waals surface area (Å²) in [6, 6.07) is 0. The van der Waals surface area contributed by atoms with Gasteiger partial charge in [0.2, 0.25) is 0 Å². The first kappa shape index (κ1) is 8.85. The van der Waals surface area contributed by atoms with Crippen LogP contribution in [0.1, 0.15) is 6.92 Å². The van der Waals surface area contributed by atoms with Crippen LogP contribution in [0.5, 0.6) is 0 Å². The fraction of sp³-hybridized carbons (Fsp3) is 1.00. The van der Waals surface area contributed by atoms with Gasteiger partial charge in [-0.1, -0.05) is 0 Å². The largest absolute Gasteiger partial charge is 0.393 e. The molecule has 0 rings (SSSR count). The highest BCUT2D eigenvalue weighted by atomic mass is 19.1. The van der Waals surface area contributed by atoms with Crippen LogP contribution in [-0.2, 0) is 4.74 Å². The lowest BCUT2D eigenvalue weighted by Crippen LogP contribution is -2.23. The third-order valence-corrected chi connectivity index (χ3v) is 1.26. The summed E-state index contributed by atoms with van der Waals surface area (Å²) in [4.78, 5) is 0. The van der Waals surface area contributed by atoms with Crippen molar-refractivity contribution in [2.45, 2.75) is 13.0 Å². The molecule has 0 aromatic heterocycles. The fourth-order valence-corrected chi connectivity index (χ4v) is 0.527. The lowest BCUT2D eigenvalue weighted by atomic mass is 10.1. The monoisotopic (exact) mass is 136 g/mol. The molecule has 9 heavy (non-hydrogen) atoms. The average molecular weight is 136 g/mol. The molecule has 0 radical (unpaired) electrons. The zero-order valence-electron chi connectivity index (χ0n) is 5.80. The molecule has 0 saturated heterocycles. The van der Waals surface area contributed by atoms with Crippen molar-refractivity contribution < 1.29 is 14.2 Å². The SMILES string of the molecule is COCC(CF)[C@H](C)O. The number of ether oxygens (including phenoxy) is 1. The molecule has 0 aliphatic heterocycles. The molecule has 0 bridgehead atoms. The fourth-order valence-electron chi connectivity index (χ4n) is 0.527. The van der Waals surface area contributed by atoms with Crippen LogP contribution in [0, 0.1) is 5.92 Å². The Morgan fingerprint density at radius 3 is 2.33 bits per heavy atom. The Labute approximate surface area is 54.6 Å². The van der Waals surface area contributed by atoms with Crippen LogP contribution in [0.3, 0.4) is 0 Å². The van der Waals surface area contributed by atoms with Gasteiger partial charge in [0, 0.05) is 13.0 Å². The van der Waals surface area contributed by atoms with Crippen molar-refractivity contribution >= 4 is 0 Å². The van der Waals surface area contributed by atoms with Gasteiger partial charge in [0.25, 0.3) is 0 Å². The van der Waals surface area contributed by atoms with Crippen molar-refractivity contribution in [2.24, 2.45) is 5.92 Å². The third-order valence-electron chi connectivity index (χ3n) is 1.26. The summed E-state index contributed by atoms with van der Waals surface area (Å²) >= 11 is 0. The van der Waals surface area contributed by atoms with E-state index < -0.39 is 12.8 Å². The molecule has 3 heteroatoms. The second kappa shape index (κ2) is 4.70. The summed E-state index contributed by atoms with van der Waals surface area (Å²) in [5.41, 5.74) is 0. The van der Waals surface area contributed by atoms with Crippen molar-refractivity contribution in [3.05, 3.63) is 0 Å². The van der Waals surface area contributed by atoms with Gasteiger partial charge in [0.1, 0.15) is 0 Å². The molecule has 2 atom stereocenters. The number of halogens is 1. The Kier molecular flexibility index (Phi) is 4.62. The molecule has 0 aliphatic carbocycles. The summed E-state index contributed by atoms with van der Waals surface area (Å²) in [7, 11) is 1.49. The molecule has 0 aromatic rings. The number of aliphatic hydroxyl groups excluding tert-OH is 1. The molecule has 0 aliphatic rings. The van der Waals surface area contributed by atoms with Crippen LogP contribution in [-0.4, -0.2) is 31.6 Å². The van der Waals surface area contributed by atoms with Gasteiger partial charge in [-0.25, -0.2) is 0 Å². The molecule has 0 amide bonds. The highest BCUT2D eigenvalue weighted by Crippen LogP contribution is 2.03. The highest BCUT2D eigenvalue weighted by molar-refractivity contribution is 4.61. The smallest absolute Gasteiger partial charge is 0.0969 e. The molecule has 56 valence electrons. The number of hydrogen-bond acceptors (Lipinski definition) is 2. The molecule has 1 N–H and O–H groups in total. The molecule has 2 nitrogen and oxygen atoms in total. The Morgan fingerprint density at radius 2 is 2.22 bits per heavy atom. The molecular weight excluding hydrogens is 123 g/mol. The third kappa shape index (κ3) is 3.43. The number of aliphatic hydroxyl groups is 1. The zero-order chi connectivity index (χ0) is 7.28. The van der Waals surface area contributed by atoms with Crippen LogP contribution in [0.2, 0.25) is 0 Å². The van der Waals surface area contributed by atoms with Gasteiger partial charge in [-0.2, -0.15) is 0 Å². The lowest BCUT2D eigenvalue weighted by molar-refractivity contribution is 0.0455. The average Bonchev–Trinajstić information content (AvgIpc) is 1.82. The van der Waals surface area contributed by atoms with Gasteiger partial charge in [0.15, 0.2) is 0 Å². The lowest BCUT2D eigenvalue weighted by Gasteiger charge is -2.13. The number of alkyl halides is 1. The Balaban J connectivity index is 3.41. The van der Waals surface area contributed by atoms with Crippen molar-refractivity contribution in [1.82, 2.24) is 0 Å². The summed E-state index contributed by atoms with van der Waals surface area (Å²) in [6.45, 7) is 1.32. The molecule has 0 heterocycles. The first-order chi connectivity index (χ1) is 4.22. The van der Waals surface area contributed by atoms with E-state index in [2.05, 4.69) is 4.74 Å². The summed E-state index contributed by atoms with van der Waals surface area (Å²) in [5.74, 6) is -0.366. The predicted octanol–water partition coefficient (Wildman–Crippen LogP) is 0.599. The van der Waals surface area contributed by atoms with E-state index in [0.717, 1.165) is 0 Å². The highest BCUT2D eigenvalue weighted by Gasteiger charge is 2.13. The van der Waals surface area contributed by atoms with Crippen LogP contribution < -0.4 is 0 Å². The van der Waals surface area contributed by atoms with Gasteiger partial charge in [-0.15, -0.1) is 0 Å². The Bertz CT molecular complexity index is 66.1. The van der Waals surface area contributed by atoms with E-state index in [9.17, 15) is 4.39 Å². The molecule has 0 spiro atoms. The maximum absolute atomic E-state index is 11.9. The summed E-state index contributed by atoms with van der Waals surface area (Å²) < 4.78 is 16.5. The van der Waals surface area contributed by atoms with Gasteiger partial charge in [0.05, 0.1) is 19.4 Å². The van der Waals surface area contributed by atoms with Gasteiger partial charge in [-0.3, -0.25) is 4.39 Å². The summed E-state index contributed by atoms with van der Waals surface area (Å²) in [6.07, 6.45) is -0.616. The van der Waals surface area contributed by atoms with E-state index in [-0.39, 0.29) is 12.5 Å². The second-order valence-electron chi connectivity index (χ2n) is 2.11.